The molecule has 0 saturated heterocycles. The molecule has 0 aliphatic carbocycles. The van der Waals surface area contributed by atoms with Crippen molar-refractivity contribution in [3.05, 3.63) is 0 Å². The summed E-state index contributed by atoms with van der Waals surface area (Å²) in [7, 11) is 0. The third-order valence-electron chi connectivity index (χ3n) is 2.40. The summed E-state index contributed by atoms with van der Waals surface area (Å²) in [6.45, 7) is 0.754. The number of halogens is 9. The molecule has 0 bridgehead atoms. The number of alkyl halides is 9. The second-order valence-electron chi connectivity index (χ2n) is 4.49. The van der Waals surface area contributed by atoms with E-state index in [1.165, 1.54) is 0 Å². The van der Waals surface area contributed by atoms with Gasteiger partial charge in [0, 0.05) is 0 Å². The van der Waals surface area contributed by atoms with E-state index < -0.39 is 29.4 Å². The van der Waals surface area contributed by atoms with Crippen molar-refractivity contribution < 1.29 is 39.5 Å². The van der Waals surface area contributed by atoms with Crippen LogP contribution in [0.3, 0.4) is 0 Å². The van der Waals surface area contributed by atoms with E-state index in [1.54, 1.807) is 0 Å². The molecule has 0 saturated carbocycles. The van der Waals surface area contributed by atoms with Crippen LogP contribution in [0.25, 0.3) is 0 Å². The average Bonchev–Trinajstić information content (AvgIpc) is 1.67. The molecule has 0 rings (SSSR count). The topological polar surface area (TPSA) is 0 Å². The van der Waals surface area contributed by atoms with Crippen LogP contribution in [0.1, 0.15) is 20.8 Å². The molecule has 0 aliphatic rings. The summed E-state index contributed by atoms with van der Waals surface area (Å²) in [6.07, 6.45) is -19.5. The van der Waals surface area contributed by atoms with Crippen LogP contribution in [0.4, 0.5) is 39.5 Å². The van der Waals surface area contributed by atoms with E-state index >= 15 is 0 Å². The van der Waals surface area contributed by atoms with E-state index in [0.717, 1.165) is 0 Å². The van der Waals surface area contributed by atoms with Gasteiger partial charge in [0.05, 0.1) is 0 Å². The second-order valence-corrected chi connectivity index (χ2v) is 4.49. The molecule has 0 N–H and O–H groups in total. The lowest BCUT2D eigenvalue weighted by Crippen LogP contribution is -2.66. The molecule has 17 heavy (non-hydrogen) atoms. The maximum atomic E-state index is 12.4. The fourth-order valence-electron chi connectivity index (χ4n) is 1.76. The van der Waals surface area contributed by atoms with E-state index in [2.05, 4.69) is 0 Å². The van der Waals surface area contributed by atoms with Gasteiger partial charge in [0.25, 0.3) is 5.41 Å². The molecule has 0 aromatic heterocycles. The second kappa shape index (κ2) is 3.68. The summed E-state index contributed by atoms with van der Waals surface area (Å²) in [4.78, 5) is 0. The van der Waals surface area contributed by atoms with Crippen LogP contribution in [-0.2, 0) is 0 Å². The largest absolute Gasteiger partial charge is 0.412 e. The van der Waals surface area contributed by atoms with Gasteiger partial charge in [-0.05, 0) is 5.41 Å². The highest BCUT2D eigenvalue weighted by Crippen LogP contribution is 2.67. The van der Waals surface area contributed by atoms with Gasteiger partial charge in [-0.15, -0.1) is 0 Å². The summed E-state index contributed by atoms with van der Waals surface area (Å²) >= 11 is 0. The molecule has 0 amide bonds. The van der Waals surface area contributed by atoms with Crippen molar-refractivity contribution >= 4 is 0 Å². The van der Waals surface area contributed by atoms with Crippen LogP contribution in [-0.4, -0.2) is 18.5 Å². The Balaban J connectivity index is 6.37. The Bertz CT molecular complexity index is 210. The zero-order chi connectivity index (χ0) is 14.5. The summed E-state index contributed by atoms with van der Waals surface area (Å²) in [6, 6.07) is 0. The molecule has 0 spiro atoms. The SMILES string of the molecule is CC(C)(C)C(C(F)(F)F)(C(F)(F)F)C(F)(F)F. The first-order chi connectivity index (χ1) is 7.00. The summed E-state index contributed by atoms with van der Waals surface area (Å²) < 4.78 is 112. The van der Waals surface area contributed by atoms with Crippen molar-refractivity contribution in [1.82, 2.24) is 0 Å². The normalized spacial score (nSPS) is 16.2. The smallest absolute Gasteiger partial charge is 0.170 e. The van der Waals surface area contributed by atoms with Crippen molar-refractivity contribution in [2.24, 2.45) is 10.8 Å². The lowest BCUT2D eigenvalue weighted by Gasteiger charge is -2.47. The molecule has 9 heteroatoms. The zero-order valence-corrected chi connectivity index (χ0v) is 8.90. The molecule has 0 heterocycles. The van der Waals surface area contributed by atoms with Crippen molar-refractivity contribution in [3.63, 3.8) is 0 Å². The molecule has 0 aromatic rings. The van der Waals surface area contributed by atoms with Crippen LogP contribution in [0.2, 0.25) is 0 Å². The first-order valence-corrected chi connectivity index (χ1v) is 4.20. The molecular formula is C8H9F9. The predicted molar refractivity (Wildman–Crippen MR) is 40.1 cm³/mol. The molecule has 0 radical (unpaired) electrons. The lowest BCUT2D eigenvalue weighted by atomic mass is 9.64. The maximum absolute atomic E-state index is 12.4. The molecule has 104 valence electrons. The van der Waals surface area contributed by atoms with Gasteiger partial charge in [-0.1, -0.05) is 20.8 Å². The van der Waals surface area contributed by atoms with Crippen LogP contribution >= 0.6 is 0 Å². The molecule has 0 aliphatic heterocycles. The molecular weight excluding hydrogens is 267 g/mol. The fraction of sp³-hybridized carbons (Fsp3) is 1.00. The number of hydrogen-bond donors (Lipinski definition) is 0. The van der Waals surface area contributed by atoms with Gasteiger partial charge in [-0.3, -0.25) is 0 Å². The van der Waals surface area contributed by atoms with Gasteiger partial charge in [0.2, 0.25) is 0 Å². The van der Waals surface area contributed by atoms with Gasteiger partial charge in [-0.2, -0.15) is 39.5 Å². The Kier molecular flexibility index (Phi) is 3.54. The number of hydrogen-bond acceptors (Lipinski definition) is 0. The van der Waals surface area contributed by atoms with Crippen LogP contribution in [0, 0.1) is 10.8 Å². The first kappa shape index (κ1) is 16.4. The molecule has 0 aromatic carbocycles. The zero-order valence-electron chi connectivity index (χ0n) is 8.90. The van der Waals surface area contributed by atoms with Gasteiger partial charge in [-0.25, -0.2) is 0 Å². The minimum Gasteiger partial charge on any atom is -0.170 e. The van der Waals surface area contributed by atoms with Crippen molar-refractivity contribution in [2.75, 3.05) is 0 Å². The van der Waals surface area contributed by atoms with Gasteiger partial charge < -0.3 is 0 Å². The van der Waals surface area contributed by atoms with Crippen LogP contribution in [0.15, 0.2) is 0 Å². The highest BCUT2D eigenvalue weighted by atomic mass is 19.4. The quantitative estimate of drug-likeness (QED) is 0.562. The average molecular weight is 276 g/mol. The highest BCUT2D eigenvalue weighted by Gasteiger charge is 2.87. The Labute approximate surface area is 90.8 Å². The fourth-order valence-corrected chi connectivity index (χ4v) is 1.76. The summed E-state index contributed by atoms with van der Waals surface area (Å²) in [5.74, 6) is 0. The Hall–Kier alpha value is -0.630. The Morgan fingerprint density at radius 2 is 0.647 bits per heavy atom. The lowest BCUT2D eigenvalue weighted by molar-refractivity contribution is -0.454. The van der Waals surface area contributed by atoms with Crippen LogP contribution in [0.5, 0.6) is 0 Å². The Morgan fingerprint density at radius 3 is 0.647 bits per heavy atom. The minimum absolute atomic E-state index is 0.251. The first-order valence-electron chi connectivity index (χ1n) is 4.20. The minimum atomic E-state index is -6.48. The highest BCUT2D eigenvalue weighted by molar-refractivity contribution is 5.06. The van der Waals surface area contributed by atoms with Crippen molar-refractivity contribution in [3.8, 4) is 0 Å². The molecule has 0 nitrogen and oxygen atoms in total. The van der Waals surface area contributed by atoms with E-state index in [9.17, 15) is 39.5 Å². The predicted octanol–water partition coefficient (Wildman–Crippen LogP) is 4.71. The van der Waals surface area contributed by atoms with Gasteiger partial charge >= 0.3 is 18.5 Å². The van der Waals surface area contributed by atoms with E-state index in [1.807, 2.05) is 0 Å². The van der Waals surface area contributed by atoms with E-state index in [-0.39, 0.29) is 20.8 Å². The van der Waals surface area contributed by atoms with Crippen molar-refractivity contribution in [2.45, 2.75) is 39.3 Å². The maximum Gasteiger partial charge on any atom is 0.412 e. The van der Waals surface area contributed by atoms with Gasteiger partial charge in [0.1, 0.15) is 0 Å². The van der Waals surface area contributed by atoms with Crippen LogP contribution < -0.4 is 0 Å². The summed E-state index contributed by atoms with van der Waals surface area (Å²) in [5, 5.41) is 0. The summed E-state index contributed by atoms with van der Waals surface area (Å²) in [5.41, 5.74) is -8.86. The third-order valence-corrected chi connectivity index (χ3v) is 2.40. The molecule has 0 atom stereocenters. The standard InChI is InChI=1S/C8H9F9/c1-4(2,3)5(6(9,10)11,7(12,13)14)8(15,16)17/h1-3H3. The number of rotatable bonds is 0. The monoisotopic (exact) mass is 276 g/mol. The van der Waals surface area contributed by atoms with E-state index in [0.29, 0.717) is 0 Å². The van der Waals surface area contributed by atoms with Gasteiger partial charge in [0.15, 0.2) is 0 Å². The van der Waals surface area contributed by atoms with E-state index in [4.69, 9.17) is 0 Å². The van der Waals surface area contributed by atoms with Crippen molar-refractivity contribution in [1.29, 1.82) is 0 Å². The molecule has 0 unspecified atom stereocenters. The third kappa shape index (κ3) is 2.20. The Morgan fingerprint density at radius 1 is 0.471 bits per heavy atom. The molecule has 0 fully saturated rings.